The summed E-state index contributed by atoms with van der Waals surface area (Å²) in [6, 6.07) is 3.68. The Hall–Kier alpha value is -2.64. The van der Waals surface area contributed by atoms with Gasteiger partial charge in [-0.2, -0.15) is 4.98 Å². The van der Waals surface area contributed by atoms with Gasteiger partial charge >= 0.3 is 0 Å². The zero-order chi connectivity index (χ0) is 16.6. The lowest BCUT2D eigenvalue weighted by atomic mass is 9.67. The summed E-state index contributed by atoms with van der Waals surface area (Å²) in [5.41, 5.74) is -0.934. The standard InChI is InChI=1S/C16H18N4O4/c21-14(16(6-2-7-16)15(22)18-10-4-5-10)17-9-12-19-13(24-20-12)11-3-1-8-23-11/h1,3,8,10H,2,4-7,9H2,(H,17,21)(H,18,22). The molecule has 24 heavy (non-hydrogen) atoms. The number of carbonyl (C=O) groups excluding carboxylic acids is 2. The van der Waals surface area contributed by atoms with Crippen molar-refractivity contribution in [3.05, 3.63) is 24.2 Å². The van der Waals surface area contributed by atoms with Crippen LogP contribution in [0.3, 0.4) is 0 Å². The third-order valence-electron chi connectivity index (χ3n) is 4.60. The van der Waals surface area contributed by atoms with Crippen LogP contribution in [-0.2, 0) is 16.1 Å². The molecule has 0 aromatic carbocycles. The van der Waals surface area contributed by atoms with Crippen molar-refractivity contribution in [3.8, 4) is 11.7 Å². The van der Waals surface area contributed by atoms with Crippen LogP contribution in [0.25, 0.3) is 11.7 Å². The predicted octanol–water partition coefficient (Wildman–Crippen LogP) is 1.39. The summed E-state index contributed by atoms with van der Waals surface area (Å²) in [7, 11) is 0. The molecule has 2 saturated carbocycles. The first-order valence-electron chi connectivity index (χ1n) is 8.13. The lowest BCUT2D eigenvalue weighted by molar-refractivity contribution is -0.149. The summed E-state index contributed by atoms with van der Waals surface area (Å²) in [5, 5.41) is 9.51. The minimum atomic E-state index is -0.934. The Morgan fingerprint density at radius 2 is 2.12 bits per heavy atom. The average Bonchev–Trinajstić information content (AvgIpc) is 3.03. The Kier molecular flexibility index (Phi) is 3.59. The van der Waals surface area contributed by atoms with E-state index in [-0.39, 0.29) is 30.3 Å². The summed E-state index contributed by atoms with van der Waals surface area (Å²) in [6.45, 7) is 0.113. The van der Waals surface area contributed by atoms with Crippen LogP contribution in [0.5, 0.6) is 0 Å². The molecule has 2 aliphatic rings. The van der Waals surface area contributed by atoms with E-state index >= 15 is 0 Å². The Morgan fingerprint density at radius 1 is 1.29 bits per heavy atom. The third-order valence-corrected chi connectivity index (χ3v) is 4.60. The van der Waals surface area contributed by atoms with Crippen molar-refractivity contribution >= 4 is 11.8 Å². The zero-order valence-corrected chi connectivity index (χ0v) is 13.1. The van der Waals surface area contributed by atoms with Crippen LogP contribution < -0.4 is 10.6 Å². The van der Waals surface area contributed by atoms with Gasteiger partial charge in [-0.3, -0.25) is 9.59 Å². The van der Waals surface area contributed by atoms with Gasteiger partial charge in [-0.1, -0.05) is 11.6 Å². The maximum absolute atomic E-state index is 12.5. The van der Waals surface area contributed by atoms with Gasteiger partial charge in [-0.15, -0.1) is 0 Å². The molecule has 2 aromatic heterocycles. The number of hydrogen-bond donors (Lipinski definition) is 2. The van der Waals surface area contributed by atoms with E-state index in [0.717, 1.165) is 19.3 Å². The van der Waals surface area contributed by atoms with Crippen LogP contribution in [0.4, 0.5) is 0 Å². The van der Waals surface area contributed by atoms with Gasteiger partial charge in [0.1, 0.15) is 5.41 Å². The molecule has 8 heteroatoms. The van der Waals surface area contributed by atoms with Crippen molar-refractivity contribution in [1.29, 1.82) is 0 Å². The molecule has 2 aromatic rings. The van der Waals surface area contributed by atoms with Crippen molar-refractivity contribution < 1.29 is 18.5 Å². The van der Waals surface area contributed by atoms with Gasteiger partial charge in [0.15, 0.2) is 11.6 Å². The molecule has 0 bridgehead atoms. The molecule has 2 N–H and O–H groups in total. The number of nitrogens with one attached hydrogen (secondary N) is 2. The summed E-state index contributed by atoms with van der Waals surface area (Å²) in [4.78, 5) is 29.1. The number of nitrogens with zero attached hydrogens (tertiary/aromatic N) is 2. The fourth-order valence-corrected chi connectivity index (χ4v) is 2.79. The third kappa shape index (κ3) is 2.68. The number of hydrogen-bond acceptors (Lipinski definition) is 6. The van der Waals surface area contributed by atoms with Crippen molar-refractivity contribution in [3.63, 3.8) is 0 Å². The number of carbonyl (C=O) groups is 2. The van der Waals surface area contributed by atoms with E-state index in [1.54, 1.807) is 12.1 Å². The molecule has 2 heterocycles. The van der Waals surface area contributed by atoms with Crippen LogP contribution in [0.2, 0.25) is 0 Å². The molecular formula is C16H18N4O4. The number of amides is 2. The maximum atomic E-state index is 12.5. The van der Waals surface area contributed by atoms with Crippen molar-refractivity contribution in [2.45, 2.75) is 44.7 Å². The Labute approximate surface area is 138 Å². The molecule has 0 aliphatic heterocycles. The topological polar surface area (TPSA) is 110 Å². The molecule has 0 saturated heterocycles. The number of furan rings is 1. The monoisotopic (exact) mass is 330 g/mol. The van der Waals surface area contributed by atoms with Crippen LogP contribution in [0.15, 0.2) is 27.3 Å². The quantitative estimate of drug-likeness (QED) is 0.775. The van der Waals surface area contributed by atoms with Gasteiger partial charge < -0.3 is 19.6 Å². The van der Waals surface area contributed by atoms with E-state index in [0.29, 0.717) is 24.4 Å². The predicted molar refractivity (Wildman–Crippen MR) is 81.3 cm³/mol. The fraction of sp³-hybridized carbons (Fsp3) is 0.500. The minimum Gasteiger partial charge on any atom is -0.459 e. The largest absolute Gasteiger partial charge is 0.459 e. The average molecular weight is 330 g/mol. The highest BCUT2D eigenvalue weighted by atomic mass is 16.5. The highest BCUT2D eigenvalue weighted by molar-refractivity contribution is 6.06. The first kappa shape index (κ1) is 14.9. The molecule has 4 rings (SSSR count). The van der Waals surface area contributed by atoms with Crippen molar-refractivity contribution in [2.75, 3.05) is 0 Å². The number of aromatic nitrogens is 2. The molecule has 0 radical (unpaired) electrons. The van der Waals surface area contributed by atoms with Gasteiger partial charge in [0, 0.05) is 6.04 Å². The fourth-order valence-electron chi connectivity index (χ4n) is 2.79. The summed E-state index contributed by atoms with van der Waals surface area (Å²) >= 11 is 0. The molecule has 0 unspecified atom stereocenters. The van der Waals surface area contributed by atoms with Gasteiger partial charge in [0.2, 0.25) is 11.8 Å². The second-order valence-corrected chi connectivity index (χ2v) is 6.36. The van der Waals surface area contributed by atoms with Gasteiger partial charge in [0.25, 0.3) is 5.89 Å². The highest BCUT2D eigenvalue weighted by Crippen LogP contribution is 2.42. The molecule has 2 fully saturated rings. The Bertz CT molecular complexity index is 744. The summed E-state index contributed by atoms with van der Waals surface area (Å²) in [6.07, 6.45) is 5.57. The molecule has 2 amide bonds. The van der Waals surface area contributed by atoms with Gasteiger partial charge in [-0.05, 0) is 37.8 Å². The summed E-state index contributed by atoms with van der Waals surface area (Å²) < 4.78 is 10.3. The molecule has 0 spiro atoms. The summed E-state index contributed by atoms with van der Waals surface area (Å²) in [5.74, 6) is 0.648. The first-order valence-corrected chi connectivity index (χ1v) is 8.13. The molecule has 8 nitrogen and oxygen atoms in total. The molecule has 126 valence electrons. The second kappa shape index (κ2) is 5.77. The van der Waals surface area contributed by atoms with Crippen LogP contribution in [0.1, 0.15) is 37.9 Å². The Morgan fingerprint density at radius 3 is 2.75 bits per heavy atom. The van der Waals surface area contributed by atoms with E-state index in [1.165, 1.54) is 6.26 Å². The minimum absolute atomic E-state index is 0.113. The first-order chi connectivity index (χ1) is 11.7. The van der Waals surface area contributed by atoms with Crippen LogP contribution in [0, 0.1) is 5.41 Å². The molecule has 0 atom stereocenters. The van der Waals surface area contributed by atoms with Crippen LogP contribution >= 0.6 is 0 Å². The van der Waals surface area contributed by atoms with E-state index in [2.05, 4.69) is 20.8 Å². The van der Waals surface area contributed by atoms with Gasteiger partial charge in [0.05, 0.1) is 12.8 Å². The van der Waals surface area contributed by atoms with Crippen LogP contribution in [-0.4, -0.2) is 28.0 Å². The van der Waals surface area contributed by atoms with E-state index in [1.807, 2.05) is 0 Å². The molecular weight excluding hydrogens is 312 g/mol. The SMILES string of the molecule is O=C(NCc1noc(-c2ccco2)n1)C1(C(=O)NC2CC2)CCC1. The smallest absolute Gasteiger partial charge is 0.293 e. The van der Waals surface area contributed by atoms with Crippen molar-refractivity contribution in [2.24, 2.45) is 5.41 Å². The van der Waals surface area contributed by atoms with E-state index in [4.69, 9.17) is 8.94 Å². The van der Waals surface area contributed by atoms with E-state index < -0.39 is 5.41 Å². The maximum Gasteiger partial charge on any atom is 0.293 e. The van der Waals surface area contributed by atoms with E-state index in [9.17, 15) is 9.59 Å². The second-order valence-electron chi connectivity index (χ2n) is 6.36. The van der Waals surface area contributed by atoms with Gasteiger partial charge in [-0.25, -0.2) is 0 Å². The lowest BCUT2D eigenvalue weighted by Gasteiger charge is -2.38. The Balaban J connectivity index is 1.38. The molecule has 2 aliphatic carbocycles. The number of rotatable bonds is 6. The lowest BCUT2D eigenvalue weighted by Crippen LogP contribution is -2.55. The normalized spacial score (nSPS) is 18.7. The highest BCUT2D eigenvalue weighted by Gasteiger charge is 2.51. The van der Waals surface area contributed by atoms with Crippen molar-refractivity contribution in [1.82, 2.24) is 20.8 Å². The zero-order valence-electron chi connectivity index (χ0n) is 13.1.